The number of fused-ring (bicyclic) bond motifs is 12. The van der Waals surface area contributed by atoms with E-state index >= 15 is 0 Å². The van der Waals surface area contributed by atoms with Crippen molar-refractivity contribution in [3.63, 3.8) is 0 Å². The number of aromatic nitrogens is 4. The number of hydrogen-bond donors (Lipinski definition) is 0. The van der Waals surface area contributed by atoms with Gasteiger partial charge in [0, 0.05) is 27.5 Å². The molecule has 4 heteroatoms. The van der Waals surface area contributed by atoms with Gasteiger partial charge in [-0.3, -0.25) is 0 Å². The van der Waals surface area contributed by atoms with E-state index in [4.69, 9.17) is 15.0 Å². The molecule has 1 atom stereocenters. The molecule has 0 saturated heterocycles. The Kier molecular flexibility index (Phi) is 8.46. The molecule has 1 aliphatic carbocycles. The van der Waals surface area contributed by atoms with Gasteiger partial charge in [-0.05, 0) is 91.0 Å². The second-order valence-corrected chi connectivity index (χ2v) is 17.9. The molecular formula is C64H40N4. The molecule has 1 spiro atoms. The SMILES string of the molecule is c1ccc(-c2cccc(-c3ccc(-c4ccc5c(c4)-c4c(-c6nc(-c7ccccc7)nc(-c7ccccc7)n6)cccc4C54c5ccccc5-n5c6ccccc6c6cccc4c65)cc3)c2)cc1. The van der Waals surface area contributed by atoms with Crippen LogP contribution in [0.2, 0.25) is 0 Å². The Bertz CT molecular complexity index is 3890. The minimum absolute atomic E-state index is 0.639. The minimum atomic E-state index is -0.648. The zero-order chi connectivity index (χ0) is 44.8. The van der Waals surface area contributed by atoms with Crippen LogP contribution in [0, 0.1) is 0 Å². The third-order valence-corrected chi connectivity index (χ3v) is 14.3. The second kappa shape index (κ2) is 15.0. The third kappa shape index (κ3) is 5.64. The Morgan fingerprint density at radius 2 is 0.779 bits per heavy atom. The van der Waals surface area contributed by atoms with Gasteiger partial charge < -0.3 is 4.57 Å². The lowest BCUT2D eigenvalue weighted by atomic mass is 9.65. The van der Waals surface area contributed by atoms with Gasteiger partial charge in [0.15, 0.2) is 17.5 Å². The molecule has 12 aromatic rings. The highest BCUT2D eigenvalue weighted by molar-refractivity contribution is 6.13. The van der Waals surface area contributed by atoms with E-state index in [2.05, 4.69) is 211 Å². The Balaban J connectivity index is 1.02. The summed E-state index contributed by atoms with van der Waals surface area (Å²) >= 11 is 0. The molecule has 4 nitrogen and oxygen atoms in total. The van der Waals surface area contributed by atoms with Crippen LogP contribution in [0.1, 0.15) is 22.3 Å². The zero-order valence-corrected chi connectivity index (χ0v) is 36.9. The summed E-state index contributed by atoms with van der Waals surface area (Å²) in [5, 5.41) is 2.50. The number of benzene rings is 10. The first kappa shape index (κ1) is 38.3. The summed E-state index contributed by atoms with van der Waals surface area (Å²) in [4.78, 5) is 15.8. The van der Waals surface area contributed by atoms with Crippen LogP contribution in [0.5, 0.6) is 0 Å². The van der Waals surface area contributed by atoms with Crippen molar-refractivity contribution in [1.29, 1.82) is 0 Å². The molecule has 0 amide bonds. The van der Waals surface area contributed by atoms with Gasteiger partial charge in [-0.25, -0.2) is 15.0 Å². The summed E-state index contributed by atoms with van der Waals surface area (Å²) in [5.41, 5.74) is 20.2. The van der Waals surface area contributed by atoms with Crippen molar-refractivity contribution in [2.45, 2.75) is 5.41 Å². The van der Waals surface area contributed by atoms with Crippen molar-refractivity contribution >= 4 is 21.8 Å². The van der Waals surface area contributed by atoms with Crippen LogP contribution in [0.25, 0.3) is 106 Å². The predicted molar refractivity (Wildman–Crippen MR) is 278 cm³/mol. The monoisotopic (exact) mass is 864 g/mol. The number of hydrogen-bond acceptors (Lipinski definition) is 3. The summed E-state index contributed by atoms with van der Waals surface area (Å²) in [6.45, 7) is 0. The van der Waals surface area contributed by atoms with Gasteiger partial charge in [0.05, 0.1) is 22.1 Å². The van der Waals surface area contributed by atoms with Crippen LogP contribution in [0.3, 0.4) is 0 Å². The van der Waals surface area contributed by atoms with Crippen molar-refractivity contribution in [1.82, 2.24) is 19.5 Å². The van der Waals surface area contributed by atoms with E-state index in [0.29, 0.717) is 17.5 Å². The van der Waals surface area contributed by atoms with Crippen molar-refractivity contribution in [2.24, 2.45) is 0 Å². The molecule has 14 rings (SSSR count). The summed E-state index contributed by atoms with van der Waals surface area (Å²) in [7, 11) is 0. The van der Waals surface area contributed by atoms with E-state index in [0.717, 1.165) is 33.4 Å². The Morgan fingerprint density at radius 3 is 1.49 bits per heavy atom. The summed E-state index contributed by atoms with van der Waals surface area (Å²) < 4.78 is 2.50. The molecule has 316 valence electrons. The highest BCUT2D eigenvalue weighted by Crippen LogP contribution is 2.62. The van der Waals surface area contributed by atoms with Crippen LogP contribution in [0.4, 0.5) is 0 Å². The lowest BCUT2D eigenvalue weighted by Crippen LogP contribution is -2.33. The molecule has 2 aliphatic rings. The first-order valence-corrected chi connectivity index (χ1v) is 23.3. The maximum absolute atomic E-state index is 5.35. The van der Waals surface area contributed by atoms with Crippen molar-refractivity contribution in [2.75, 3.05) is 0 Å². The fraction of sp³-hybridized carbons (Fsp3) is 0.0156. The maximum Gasteiger partial charge on any atom is 0.164 e. The van der Waals surface area contributed by atoms with E-state index < -0.39 is 5.41 Å². The van der Waals surface area contributed by atoms with Gasteiger partial charge in [-0.15, -0.1) is 0 Å². The molecule has 0 N–H and O–H groups in total. The molecule has 0 bridgehead atoms. The quantitative estimate of drug-likeness (QED) is 0.167. The molecule has 0 radical (unpaired) electrons. The standard InChI is InChI=1S/C64H40N4/c1-4-17-41(18-5-1)46-23-14-24-47(39-46)42-33-35-43(36-34-42)48-37-38-53-52(40-48)59-51(63-66-61(44-19-6-2-7-20-44)65-62(67-63)45-21-8-3-9-22-45)27-16-29-55(59)64(53)54-28-11-13-32-58(54)68-57-31-12-10-25-49(57)50-26-15-30-56(64)60(50)68/h1-40H. The van der Waals surface area contributed by atoms with Gasteiger partial charge in [0.25, 0.3) is 0 Å². The van der Waals surface area contributed by atoms with Crippen molar-refractivity contribution < 1.29 is 0 Å². The average molecular weight is 865 g/mol. The first-order chi connectivity index (χ1) is 33.7. The van der Waals surface area contributed by atoms with E-state index in [-0.39, 0.29) is 0 Å². The topological polar surface area (TPSA) is 43.6 Å². The van der Waals surface area contributed by atoms with E-state index in [9.17, 15) is 0 Å². The molecule has 1 unspecified atom stereocenters. The first-order valence-electron chi connectivity index (χ1n) is 23.3. The largest absolute Gasteiger partial charge is 0.309 e. The third-order valence-electron chi connectivity index (χ3n) is 14.3. The lowest BCUT2D eigenvalue weighted by Gasteiger charge is -2.39. The van der Waals surface area contributed by atoms with Gasteiger partial charge >= 0.3 is 0 Å². The normalized spacial score (nSPS) is 14.2. The van der Waals surface area contributed by atoms with Gasteiger partial charge in [-0.1, -0.05) is 218 Å². The molecule has 1 aliphatic heterocycles. The highest BCUT2D eigenvalue weighted by Gasteiger charge is 2.51. The fourth-order valence-corrected chi connectivity index (χ4v) is 11.3. The smallest absolute Gasteiger partial charge is 0.164 e. The number of nitrogens with zero attached hydrogens (tertiary/aromatic N) is 4. The second-order valence-electron chi connectivity index (χ2n) is 17.9. The van der Waals surface area contributed by atoms with Crippen LogP contribution < -0.4 is 0 Å². The molecule has 0 saturated carbocycles. The van der Waals surface area contributed by atoms with Crippen molar-refractivity contribution in [3.05, 3.63) is 265 Å². The average Bonchev–Trinajstić information content (AvgIpc) is 3.92. The fourth-order valence-electron chi connectivity index (χ4n) is 11.3. The van der Waals surface area contributed by atoms with Crippen molar-refractivity contribution in [3.8, 4) is 84.4 Å². The van der Waals surface area contributed by atoms with E-state index in [1.54, 1.807) is 0 Å². The Labute approximate surface area is 394 Å². The lowest BCUT2D eigenvalue weighted by molar-refractivity contribution is 0.748. The molecule has 3 heterocycles. The summed E-state index contributed by atoms with van der Waals surface area (Å²) in [5.74, 6) is 1.92. The minimum Gasteiger partial charge on any atom is -0.309 e. The van der Waals surface area contributed by atoms with E-state index in [1.165, 1.54) is 77.6 Å². The predicted octanol–water partition coefficient (Wildman–Crippen LogP) is 15.6. The number of rotatable bonds is 6. The zero-order valence-electron chi connectivity index (χ0n) is 36.9. The molecule has 0 fully saturated rings. The van der Waals surface area contributed by atoms with Crippen LogP contribution in [-0.4, -0.2) is 19.5 Å². The number of para-hydroxylation sites is 3. The van der Waals surface area contributed by atoms with Crippen LogP contribution in [0.15, 0.2) is 243 Å². The summed E-state index contributed by atoms with van der Waals surface area (Å²) in [6, 6.07) is 87.6. The van der Waals surface area contributed by atoms with Gasteiger partial charge in [-0.2, -0.15) is 0 Å². The van der Waals surface area contributed by atoms with Gasteiger partial charge in [0.1, 0.15) is 0 Å². The molecular weight excluding hydrogens is 825 g/mol. The molecule has 68 heavy (non-hydrogen) atoms. The Hall–Kier alpha value is -8.99. The molecule has 2 aromatic heterocycles. The Morgan fingerprint density at radius 1 is 0.294 bits per heavy atom. The van der Waals surface area contributed by atoms with E-state index in [1.807, 2.05) is 36.4 Å². The maximum atomic E-state index is 5.35. The highest BCUT2D eigenvalue weighted by atomic mass is 15.0. The van der Waals surface area contributed by atoms with Crippen LogP contribution >= 0.6 is 0 Å². The van der Waals surface area contributed by atoms with Gasteiger partial charge in [0.2, 0.25) is 0 Å². The van der Waals surface area contributed by atoms with Crippen LogP contribution in [-0.2, 0) is 5.41 Å². The molecule has 10 aromatic carbocycles. The summed E-state index contributed by atoms with van der Waals surface area (Å²) in [6.07, 6.45) is 0.